The first-order valence-corrected chi connectivity index (χ1v) is 12.0. The van der Waals surface area contributed by atoms with Crippen LogP contribution in [0.4, 0.5) is 4.39 Å². The van der Waals surface area contributed by atoms with Crippen molar-refractivity contribution in [3.63, 3.8) is 0 Å². The third kappa shape index (κ3) is 3.52. The largest absolute Gasteiger partial charge is 0.380 e. The fourth-order valence-corrected chi connectivity index (χ4v) is 6.61. The lowest BCUT2D eigenvalue weighted by molar-refractivity contribution is -0.141. The topological polar surface area (TPSA) is 78.5 Å². The van der Waals surface area contributed by atoms with Gasteiger partial charge in [0.05, 0.1) is 20.9 Å². The fraction of sp³-hybridized carbons (Fsp3) is 0.421. The van der Waals surface area contributed by atoms with Gasteiger partial charge in [0.25, 0.3) is 0 Å². The lowest BCUT2D eigenvalue weighted by Crippen LogP contribution is -2.65. The Kier molecular flexibility index (Phi) is 5.52. The molecule has 1 aromatic carbocycles. The Morgan fingerprint density at radius 3 is 2.66 bits per heavy atom. The Bertz CT molecular complexity index is 1020. The zero-order chi connectivity index (χ0) is 20.8. The van der Waals surface area contributed by atoms with Crippen LogP contribution in [0.15, 0.2) is 51.2 Å². The standard InChI is InChI=1S/C19H20BrClFN3O3S/c20-12-7-15(22)17(24-8-12)19(10-23-11-19)18(26)25-6-5-13(9-25)29(27,28)16-4-2-1-3-14(16)21/h1-4,7,13,23-24H,5-6,8-11H2. The van der Waals surface area contributed by atoms with Crippen LogP contribution >= 0.6 is 27.5 Å². The Morgan fingerprint density at radius 1 is 1.31 bits per heavy atom. The summed E-state index contributed by atoms with van der Waals surface area (Å²) in [5, 5.41) is 5.50. The number of amides is 1. The lowest BCUT2D eigenvalue weighted by atomic mass is 9.76. The molecule has 1 amide bonds. The zero-order valence-corrected chi connectivity index (χ0v) is 18.6. The second-order valence-electron chi connectivity index (χ2n) is 7.49. The minimum atomic E-state index is -3.67. The predicted molar refractivity (Wildman–Crippen MR) is 112 cm³/mol. The maximum atomic E-state index is 14.6. The van der Waals surface area contributed by atoms with Crippen molar-refractivity contribution in [2.45, 2.75) is 16.6 Å². The number of dihydropyridines is 1. The molecule has 10 heteroatoms. The minimum absolute atomic E-state index is 0.0720. The Labute approximate surface area is 182 Å². The molecule has 156 valence electrons. The van der Waals surface area contributed by atoms with E-state index < -0.39 is 26.3 Å². The van der Waals surface area contributed by atoms with Gasteiger partial charge in [-0.2, -0.15) is 0 Å². The van der Waals surface area contributed by atoms with Crippen molar-refractivity contribution in [1.82, 2.24) is 15.5 Å². The molecule has 0 spiro atoms. The first-order valence-electron chi connectivity index (χ1n) is 9.24. The van der Waals surface area contributed by atoms with Gasteiger partial charge in [0.2, 0.25) is 5.91 Å². The minimum Gasteiger partial charge on any atom is -0.380 e. The molecule has 0 radical (unpaired) electrons. The van der Waals surface area contributed by atoms with E-state index in [1.54, 1.807) is 12.1 Å². The van der Waals surface area contributed by atoms with E-state index in [4.69, 9.17) is 11.6 Å². The Balaban J connectivity index is 1.57. The van der Waals surface area contributed by atoms with Gasteiger partial charge in [-0.3, -0.25) is 4.79 Å². The van der Waals surface area contributed by atoms with Gasteiger partial charge in [0, 0.05) is 37.2 Å². The van der Waals surface area contributed by atoms with Crippen molar-refractivity contribution >= 4 is 43.3 Å². The highest BCUT2D eigenvalue weighted by Gasteiger charge is 2.53. The molecule has 2 N–H and O–H groups in total. The molecule has 29 heavy (non-hydrogen) atoms. The third-order valence-electron chi connectivity index (χ3n) is 5.71. The first kappa shape index (κ1) is 20.8. The predicted octanol–water partition coefficient (Wildman–Crippen LogP) is 2.37. The van der Waals surface area contributed by atoms with E-state index in [0.717, 1.165) is 0 Å². The molecule has 1 aromatic rings. The van der Waals surface area contributed by atoms with E-state index in [1.807, 2.05) is 0 Å². The van der Waals surface area contributed by atoms with Crippen LogP contribution in [0.5, 0.6) is 0 Å². The number of rotatable bonds is 4. The molecular formula is C19H20BrClFN3O3S. The highest BCUT2D eigenvalue weighted by Crippen LogP contribution is 2.39. The highest BCUT2D eigenvalue weighted by molar-refractivity contribution is 9.11. The molecule has 4 rings (SSSR count). The van der Waals surface area contributed by atoms with Crippen molar-refractivity contribution in [1.29, 1.82) is 0 Å². The van der Waals surface area contributed by atoms with Gasteiger partial charge >= 0.3 is 0 Å². The van der Waals surface area contributed by atoms with E-state index in [2.05, 4.69) is 26.6 Å². The summed E-state index contributed by atoms with van der Waals surface area (Å²) < 4.78 is 41.3. The molecule has 0 aromatic heterocycles. The fourth-order valence-electron chi connectivity index (χ4n) is 4.05. The van der Waals surface area contributed by atoms with Crippen LogP contribution in [0.1, 0.15) is 6.42 Å². The van der Waals surface area contributed by atoms with Crippen molar-refractivity contribution in [2.24, 2.45) is 5.41 Å². The summed E-state index contributed by atoms with van der Waals surface area (Å²) in [4.78, 5) is 15.0. The van der Waals surface area contributed by atoms with Gasteiger partial charge < -0.3 is 15.5 Å². The van der Waals surface area contributed by atoms with Gasteiger partial charge in [-0.1, -0.05) is 39.7 Å². The first-order chi connectivity index (χ1) is 13.8. The number of halogens is 3. The van der Waals surface area contributed by atoms with Crippen LogP contribution in [0.25, 0.3) is 0 Å². The monoisotopic (exact) mass is 503 g/mol. The average molecular weight is 505 g/mol. The quantitative estimate of drug-likeness (QED) is 0.658. The van der Waals surface area contributed by atoms with Crippen molar-refractivity contribution in [3.8, 4) is 0 Å². The van der Waals surface area contributed by atoms with Gasteiger partial charge in [-0.25, -0.2) is 12.8 Å². The summed E-state index contributed by atoms with van der Waals surface area (Å²) >= 11 is 9.35. The number of carbonyl (C=O) groups is 1. The zero-order valence-electron chi connectivity index (χ0n) is 15.4. The van der Waals surface area contributed by atoms with Crippen LogP contribution in [0.3, 0.4) is 0 Å². The Hall–Kier alpha value is -1.42. The third-order valence-corrected chi connectivity index (χ3v) is 8.89. The number of sulfone groups is 1. The summed E-state index contributed by atoms with van der Waals surface area (Å²) in [7, 11) is -3.67. The number of hydrogen-bond donors (Lipinski definition) is 2. The van der Waals surface area contributed by atoms with Gasteiger partial charge in [-0.15, -0.1) is 0 Å². The van der Waals surface area contributed by atoms with Crippen molar-refractivity contribution in [2.75, 3.05) is 32.7 Å². The van der Waals surface area contributed by atoms with Gasteiger partial charge in [0.15, 0.2) is 9.84 Å². The summed E-state index contributed by atoms with van der Waals surface area (Å²) in [5.41, 5.74) is -0.765. The van der Waals surface area contributed by atoms with Crippen molar-refractivity contribution in [3.05, 3.63) is 51.4 Å². The molecule has 6 nitrogen and oxygen atoms in total. The van der Waals surface area contributed by atoms with Crippen LogP contribution < -0.4 is 10.6 Å². The summed E-state index contributed by atoms with van der Waals surface area (Å²) in [5.74, 6) is -0.727. The molecule has 2 fully saturated rings. The number of likely N-dealkylation sites (tertiary alicyclic amines) is 1. The van der Waals surface area contributed by atoms with E-state index in [1.165, 1.54) is 23.1 Å². The smallest absolute Gasteiger partial charge is 0.237 e. The van der Waals surface area contributed by atoms with E-state index >= 15 is 0 Å². The number of nitrogens with zero attached hydrogens (tertiary/aromatic N) is 1. The summed E-state index contributed by atoms with van der Waals surface area (Å²) in [6, 6.07) is 6.32. The van der Waals surface area contributed by atoms with Crippen LogP contribution in [0.2, 0.25) is 5.02 Å². The van der Waals surface area contributed by atoms with Gasteiger partial charge in [0.1, 0.15) is 11.2 Å². The van der Waals surface area contributed by atoms with Gasteiger partial charge in [-0.05, 0) is 24.6 Å². The normalized spacial score (nSPS) is 24.0. The molecule has 3 aliphatic heterocycles. The van der Waals surface area contributed by atoms with Crippen LogP contribution in [-0.2, 0) is 14.6 Å². The second kappa shape index (κ2) is 7.68. The molecule has 3 heterocycles. The summed E-state index contributed by atoms with van der Waals surface area (Å²) in [6.07, 6.45) is 1.69. The maximum absolute atomic E-state index is 14.6. The van der Waals surface area contributed by atoms with Crippen LogP contribution in [0, 0.1) is 5.41 Å². The molecule has 1 unspecified atom stereocenters. The molecule has 3 aliphatic rings. The summed E-state index contributed by atoms with van der Waals surface area (Å²) in [6.45, 7) is 1.41. The van der Waals surface area contributed by atoms with E-state index in [-0.39, 0.29) is 28.1 Å². The number of carbonyl (C=O) groups excluding carboxylic acids is 1. The number of nitrogens with one attached hydrogen (secondary N) is 2. The number of allylic oxidation sites excluding steroid dienone is 2. The van der Waals surface area contributed by atoms with Crippen molar-refractivity contribution < 1.29 is 17.6 Å². The molecule has 2 saturated heterocycles. The molecular weight excluding hydrogens is 485 g/mol. The number of hydrogen-bond acceptors (Lipinski definition) is 5. The molecule has 0 bridgehead atoms. The SMILES string of the molecule is O=C(N1CCC(S(=O)(=O)c2ccccc2Cl)C1)C1(C2=C(F)C=C(Br)CN2)CNC1. The highest BCUT2D eigenvalue weighted by atomic mass is 79.9. The van der Waals surface area contributed by atoms with E-state index in [0.29, 0.717) is 37.1 Å². The maximum Gasteiger partial charge on any atom is 0.237 e. The molecule has 1 atom stereocenters. The second-order valence-corrected chi connectivity index (χ2v) is 11.1. The molecule has 0 aliphatic carbocycles. The lowest BCUT2D eigenvalue weighted by Gasteiger charge is -2.45. The van der Waals surface area contributed by atoms with Crippen LogP contribution in [-0.4, -0.2) is 57.2 Å². The number of benzene rings is 1. The Morgan fingerprint density at radius 2 is 2.03 bits per heavy atom. The molecule has 0 saturated carbocycles. The average Bonchev–Trinajstić information content (AvgIpc) is 3.13. The van der Waals surface area contributed by atoms with E-state index in [9.17, 15) is 17.6 Å².